The molecule has 0 saturated carbocycles. The quantitative estimate of drug-likeness (QED) is 0.0323. The van der Waals surface area contributed by atoms with Crippen LogP contribution in [0.5, 0.6) is 5.75 Å². The summed E-state index contributed by atoms with van der Waals surface area (Å²) in [5.74, 6) is -4.34. The number of aliphatic hydroxyl groups excluding tert-OH is 2. The van der Waals surface area contributed by atoms with Crippen LogP contribution in [-0.4, -0.2) is 187 Å². The number of fused-ring (bicyclic) bond motifs is 1. The van der Waals surface area contributed by atoms with E-state index in [-0.39, 0.29) is 167 Å². The van der Waals surface area contributed by atoms with Crippen LogP contribution in [-0.2, 0) is 39.0 Å². The third kappa shape index (κ3) is 15.9. The number of aromatic hydroxyl groups is 1. The Balaban J connectivity index is 0. The predicted octanol–water partition coefficient (Wildman–Crippen LogP) is -4.52. The summed E-state index contributed by atoms with van der Waals surface area (Å²) in [6.45, 7) is 0.928. The van der Waals surface area contributed by atoms with Crippen LogP contribution in [0.1, 0.15) is 45.7 Å². The molecule has 0 fully saturated rings. The van der Waals surface area contributed by atoms with Crippen molar-refractivity contribution < 1.29 is 49.5 Å². The normalized spacial score (nSPS) is 11.0. The van der Waals surface area contributed by atoms with Gasteiger partial charge in [0.25, 0.3) is 5.91 Å². The SMILES string of the molecule is Cc1ncc(CO)c(CO)c1O.Nc1nc(=O)c2nc(CN(OC(=O)[C@@H](N)CS)c3ccc(C(=O)N[C@@H](CCC(=O)O)C(=O)O)cc3)cnc2[nH]1.[CaH2].[MgH2].[SeH2].[SeH2]. The summed E-state index contributed by atoms with van der Waals surface area (Å²) >= 11 is 3.99. The topological polar surface area (TPSA) is 330 Å². The fourth-order valence-corrected chi connectivity index (χ4v) is 4.32. The Kier molecular flexibility index (Phi) is 25.8. The number of aromatic nitrogens is 5. The first-order chi connectivity index (χ1) is 24.2. The van der Waals surface area contributed by atoms with Crippen molar-refractivity contribution in [1.29, 1.82) is 0 Å². The molecule has 0 aliphatic rings. The Hall–Kier alpha value is -2.84. The Morgan fingerprint density at radius 2 is 1.67 bits per heavy atom. The molecule has 2 atom stereocenters. The number of anilines is 2. The Labute approximate surface area is 385 Å². The van der Waals surface area contributed by atoms with Gasteiger partial charge in [0.1, 0.15) is 24.4 Å². The predicted molar refractivity (Wildman–Crippen MR) is 215 cm³/mol. The van der Waals surface area contributed by atoms with E-state index in [1.165, 1.54) is 36.7 Å². The van der Waals surface area contributed by atoms with Gasteiger partial charge in [-0.3, -0.25) is 19.4 Å². The Morgan fingerprint density at radius 3 is 2.22 bits per heavy atom. The van der Waals surface area contributed by atoms with E-state index in [0.29, 0.717) is 16.8 Å². The number of thiol groups is 1. The Bertz CT molecular complexity index is 1970. The van der Waals surface area contributed by atoms with Gasteiger partial charge in [-0.25, -0.2) is 24.6 Å². The summed E-state index contributed by atoms with van der Waals surface area (Å²) in [7, 11) is 0. The van der Waals surface area contributed by atoms with Gasteiger partial charge in [-0.05, 0) is 37.6 Å². The first-order valence-electron chi connectivity index (χ1n) is 14.8. The van der Waals surface area contributed by atoms with Crippen molar-refractivity contribution in [3.63, 3.8) is 0 Å². The fraction of sp³-hybridized carbons (Fsp3) is 0.300. The average molecular weight is 960 g/mol. The molecule has 20 nitrogen and oxygen atoms in total. The van der Waals surface area contributed by atoms with Crippen LogP contribution in [0.4, 0.5) is 11.6 Å². The molecule has 0 radical (unpaired) electrons. The maximum atomic E-state index is 12.6. The number of nitrogens with one attached hydrogen (secondary N) is 2. The van der Waals surface area contributed by atoms with Gasteiger partial charge in [-0.15, -0.1) is 0 Å². The van der Waals surface area contributed by atoms with Crippen molar-refractivity contribution in [1.82, 2.24) is 30.2 Å². The van der Waals surface area contributed by atoms with Crippen molar-refractivity contribution in [3.05, 3.63) is 75.1 Å². The molecule has 25 heteroatoms. The second-order valence-electron chi connectivity index (χ2n) is 10.6. The number of rotatable bonds is 14. The summed E-state index contributed by atoms with van der Waals surface area (Å²) in [6, 6.07) is 3.02. The molecule has 0 aliphatic heterocycles. The van der Waals surface area contributed by atoms with E-state index in [2.05, 4.69) is 42.9 Å². The number of carboxylic acid groups (broad SMARTS) is 2. The molecule has 55 heavy (non-hydrogen) atoms. The second kappa shape index (κ2) is 26.2. The third-order valence-corrected chi connectivity index (χ3v) is 7.32. The number of aliphatic carboxylic acids is 2. The number of carbonyl (C=O) groups is 4. The number of aromatic amines is 1. The van der Waals surface area contributed by atoms with Crippen molar-refractivity contribution in [2.45, 2.75) is 51.6 Å². The molecule has 1 amide bonds. The number of hydrogen-bond acceptors (Lipinski definition) is 17. The molecule has 11 N–H and O–H groups in total. The molecule has 0 bridgehead atoms. The zero-order chi connectivity index (χ0) is 37.8. The number of H-pyrrole nitrogens is 1. The number of aliphatic hydroxyl groups is 2. The number of nitrogens with two attached hydrogens (primary N) is 2. The van der Waals surface area contributed by atoms with Crippen LogP contribution in [0.25, 0.3) is 11.2 Å². The van der Waals surface area contributed by atoms with Crippen LogP contribution in [0.2, 0.25) is 0 Å². The number of pyridine rings is 1. The van der Waals surface area contributed by atoms with Gasteiger partial charge in [0.05, 0.1) is 36.5 Å². The monoisotopic (exact) mass is 961 g/mol. The molecule has 3 heterocycles. The average Bonchev–Trinajstić information content (AvgIpc) is 3.10. The van der Waals surface area contributed by atoms with Gasteiger partial charge in [0.2, 0.25) is 5.95 Å². The summed E-state index contributed by atoms with van der Waals surface area (Å²) in [5.41, 5.74) is 12.3. The molecular weight excluding hydrogens is 917 g/mol. The molecule has 296 valence electrons. The number of amides is 1. The van der Waals surface area contributed by atoms with E-state index in [0.717, 1.165) is 5.06 Å². The van der Waals surface area contributed by atoms with Crippen molar-refractivity contribution >= 4 is 154 Å². The number of aryl methyl sites for hydroxylation is 1. The zero-order valence-corrected chi connectivity index (χ0v) is 33.0. The molecule has 4 aromatic rings. The zero-order valence-electron chi connectivity index (χ0n) is 27.9. The maximum absolute atomic E-state index is 12.6. The number of benzene rings is 1. The Morgan fingerprint density at radius 1 is 1.04 bits per heavy atom. The van der Waals surface area contributed by atoms with E-state index in [1.807, 2.05) is 0 Å². The number of nitrogens with zero attached hydrogens (tertiary/aromatic N) is 5. The first kappa shape index (κ1) is 54.3. The van der Waals surface area contributed by atoms with Gasteiger partial charge in [0, 0.05) is 35.1 Å². The van der Waals surface area contributed by atoms with Gasteiger partial charge in [0.15, 0.2) is 11.2 Å². The molecule has 0 unspecified atom stereocenters. The van der Waals surface area contributed by atoms with E-state index in [1.54, 1.807) is 6.92 Å². The molecule has 3 aromatic heterocycles. The van der Waals surface area contributed by atoms with Crippen LogP contribution in [0, 0.1) is 6.92 Å². The molecule has 1 aromatic carbocycles. The number of hydrogen-bond donors (Lipinski definition) is 10. The third-order valence-electron chi connectivity index (χ3n) is 6.93. The first-order valence-corrected chi connectivity index (χ1v) is 15.4. The van der Waals surface area contributed by atoms with Crippen LogP contribution in [0.15, 0.2) is 41.5 Å². The van der Waals surface area contributed by atoms with Crippen molar-refractivity contribution in [3.8, 4) is 5.75 Å². The molecule has 0 spiro atoms. The standard InChI is InChI=1S/C22H24N8O8S.C8H11NO3.Ca.Mg.2H2Se.4H/c23-13(9-39)21(37)38-30(8-11-7-25-17-16(26-11)19(34)29-22(24)28-17)12-3-1-10(2-4-12)18(33)27-14(20(35)36)5-6-15(31)32;1-5-8(12)7(4-11)6(3-10)2-9-5;;;;;;;;/h1-4,7,13-14,39H,5-6,8-9,23H2,(H,27,33)(H,31,32)(H,35,36)(H3,24,25,28,29,34);2,10-12H,3-4H2,1H3;;;2*1H2;;;;/t13-,14-;;;;;;;;;/m0........./s1. The number of nitrogen functional groups attached to an aromatic ring is 1. The van der Waals surface area contributed by atoms with Gasteiger partial charge < -0.3 is 52.1 Å². The number of carbonyl (C=O) groups excluding carboxylic acids is 2. The summed E-state index contributed by atoms with van der Waals surface area (Å²) in [4.78, 5) is 83.0. The number of carboxylic acids is 2. The molecule has 0 aliphatic carbocycles. The van der Waals surface area contributed by atoms with E-state index < -0.39 is 47.9 Å². The molecule has 0 saturated heterocycles. The van der Waals surface area contributed by atoms with E-state index >= 15 is 0 Å². The molecule has 4 rings (SSSR count). The molecular formula is C30H43CaMgN9O11SSe2. The van der Waals surface area contributed by atoms with Crippen molar-refractivity contribution in [2.24, 2.45) is 5.73 Å². The van der Waals surface area contributed by atoms with Crippen molar-refractivity contribution in [2.75, 3.05) is 16.5 Å². The minimum absolute atomic E-state index is 0. The second-order valence-corrected chi connectivity index (χ2v) is 10.9. The van der Waals surface area contributed by atoms with Crippen LogP contribution < -0.4 is 27.4 Å². The van der Waals surface area contributed by atoms with Gasteiger partial charge in [-0.2, -0.15) is 17.6 Å². The minimum atomic E-state index is -1.41. The summed E-state index contributed by atoms with van der Waals surface area (Å²) in [5, 5.41) is 48.5. The van der Waals surface area contributed by atoms with Crippen LogP contribution in [0.3, 0.4) is 0 Å². The van der Waals surface area contributed by atoms with E-state index in [9.17, 15) is 34.2 Å². The summed E-state index contributed by atoms with van der Waals surface area (Å²) in [6.07, 6.45) is 2.02. The fourth-order valence-electron chi connectivity index (χ4n) is 4.17. The van der Waals surface area contributed by atoms with Gasteiger partial charge in [-0.1, -0.05) is 0 Å². The van der Waals surface area contributed by atoms with Crippen LogP contribution >= 0.6 is 12.6 Å². The number of hydroxylamine groups is 1. The summed E-state index contributed by atoms with van der Waals surface area (Å²) < 4.78 is 0. The van der Waals surface area contributed by atoms with E-state index in [4.69, 9.17) is 31.6 Å². The van der Waals surface area contributed by atoms with Gasteiger partial charge >= 0.3 is 118 Å².